The number of likely N-dealkylation sites (tertiary alicyclic amines) is 1. The molecule has 6 heteroatoms. The molecule has 0 radical (unpaired) electrons. The molecule has 2 rings (SSSR count). The van der Waals surface area contributed by atoms with Crippen LogP contribution in [0.3, 0.4) is 0 Å². The predicted molar refractivity (Wildman–Crippen MR) is 79.9 cm³/mol. The van der Waals surface area contributed by atoms with Gasteiger partial charge in [0.05, 0.1) is 11.0 Å². The van der Waals surface area contributed by atoms with Crippen molar-refractivity contribution in [2.24, 2.45) is 0 Å². The molecule has 1 heterocycles. The van der Waals surface area contributed by atoms with Crippen molar-refractivity contribution >= 4 is 11.6 Å². The summed E-state index contributed by atoms with van der Waals surface area (Å²) < 4.78 is 0. The van der Waals surface area contributed by atoms with Gasteiger partial charge in [0, 0.05) is 31.3 Å². The van der Waals surface area contributed by atoms with Crippen molar-refractivity contribution in [3.05, 3.63) is 39.9 Å². The van der Waals surface area contributed by atoms with Gasteiger partial charge in [0.2, 0.25) is 5.91 Å². The van der Waals surface area contributed by atoms with Crippen LogP contribution in [0.1, 0.15) is 38.3 Å². The minimum atomic E-state index is -0.408. The molecule has 1 aliphatic heterocycles. The number of hydrogen-bond acceptors (Lipinski definition) is 4. The Balaban J connectivity index is 1.99. The molecule has 0 spiro atoms. The SMILES string of the molecule is CC(NC(C)c1cccc([N+](=O)[O-])c1)C(=O)N1CCCC1. The number of rotatable bonds is 5. The quantitative estimate of drug-likeness (QED) is 0.667. The van der Waals surface area contributed by atoms with Gasteiger partial charge in [0.15, 0.2) is 0 Å². The number of nitrogens with zero attached hydrogens (tertiary/aromatic N) is 2. The lowest BCUT2D eigenvalue weighted by Gasteiger charge is -2.24. The van der Waals surface area contributed by atoms with Crippen LogP contribution in [0.15, 0.2) is 24.3 Å². The van der Waals surface area contributed by atoms with Crippen LogP contribution < -0.4 is 5.32 Å². The minimum absolute atomic E-state index is 0.0691. The normalized spacial score (nSPS) is 17.5. The maximum Gasteiger partial charge on any atom is 0.269 e. The van der Waals surface area contributed by atoms with Crippen molar-refractivity contribution in [3.63, 3.8) is 0 Å². The van der Waals surface area contributed by atoms with Crippen LogP contribution in [-0.2, 0) is 4.79 Å². The van der Waals surface area contributed by atoms with Gasteiger partial charge in [-0.3, -0.25) is 20.2 Å². The summed E-state index contributed by atoms with van der Waals surface area (Å²) in [5, 5.41) is 14.0. The highest BCUT2D eigenvalue weighted by atomic mass is 16.6. The molecule has 2 unspecified atom stereocenters. The van der Waals surface area contributed by atoms with Gasteiger partial charge >= 0.3 is 0 Å². The number of non-ortho nitro benzene ring substituents is 1. The average Bonchev–Trinajstić information content (AvgIpc) is 3.00. The Morgan fingerprint density at radius 1 is 1.33 bits per heavy atom. The Kier molecular flexibility index (Phi) is 4.90. The molecule has 0 aromatic heterocycles. The second-order valence-corrected chi connectivity index (χ2v) is 5.49. The summed E-state index contributed by atoms with van der Waals surface area (Å²) in [6.07, 6.45) is 2.14. The topological polar surface area (TPSA) is 75.5 Å². The van der Waals surface area contributed by atoms with Crippen LogP contribution in [-0.4, -0.2) is 34.9 Å². The van der Waals surface area contributed by atoms with Gasteiger partial charge in [-0.1, -0.05) is 12.1 Å². The van der Waals surface area contributed by atoms with Crippen molar-refractivity contribution in [3.8, 4) is 0 Å². The highest BCUT2D eigenvalue weighted by Gasteiger charge is 2.24. The number of nitro groups is 1. The number of nitro benzene ring substituents is 1. The van der Waals surface area contributed by atoms with Gasteiger partial charge in [-0.05, 0) is 32.3 Å². The van der Waals surface area contributed by atoms with Crippen LogP contribution in [0.5, 0.6) is 0 Å². The van der Waals surface area contributed by atoms with Crippen molar-refractivity contribution in [1.29, 1.82) is 0 Å². The fourth-order valence-electron chi connectivity index (χ4n) is 2.66. The lowest BCUT2D eigenvalue weighted by atomic mass is 10.1. The second kappa shape index (κ2) is 6.67. The highest BCUT2D eigenvalue weighted by Crippen LogP contribution is 2.20. The Morgan fingerprint density at radius 2 is 2.00 bits per heavy atom. The lowest BCUT2D eigenvalue weighted by molar-refractivity contribution is -0.384. The zero-order valence-corrected chi connectivity index (χ0v) is 12.4. The lowest BCUT2D eigenvalue weighted by Crippen LogP contribution is -2.44. The van der Waals surface area contributed by atoms with E-state index in [1.165, 1.54) is 6.07 Å². The van der Waals surface area contributed by atoms with Crippen molar-refractivity contribution in [2.75, 3.05) is 13.1 Å². The molecule has 1 N–H and O–H groups in total. The van der Waals surface area contributed by atoms with Crippen molar-refractivity contribution < 1.29 is 9.72 Å². The van der Waals surface area contributed by atoms with E-state index in [9.17, 15) is 14.9 Å². The zero-order chi connectivity index (χ0) is 15.4. The summed E-state index contributed by atoms with van der Waals surface area (Å²) in [7, 11) is 0. The van der Waals surface area contributed by atoms with Crippen LogP contribution >= 0.6 is 0 Å². The summed E-state index contributed by atoms with van der Waals surface area (Å²) in [5.74, 6) is 0.102. The van der Waals surface area contributed by atoms with Gasteiger partial charge in [-0.15, -0.1) is 0 Å². The maximum atomic E-state index is 12.2. The Morgan fingerprint density at radius 3 is 2.62 bits per heavy atom. The molecule has 1 aromatic carbocycles. The van der Waals surface area contributed by atoms with E-state index >= 15 is 0 Å². The van der Waals surface area contributed by atoms with Crippen molar-refractivity contribution in [2.45, 2.75) is 38.8 Å². The van der Waals surface area contributed by atoms with Gasteiger partial charge in [-0.25, -0.2) is 0 Å². The minimum Gasteiger partial charge on any atom is -0.341 e. The van der Waals surface area contributed by atoms with Gasteiger partial charge in [-0.2, -0.15) is 0 Å². The number of carbonyl (C=O) groups is 1. The van der Waals surface area contributed by atoms with E-state index in [-0.39, 0.29) is 23.7 Å². The van der Waals surface area contributed by atoms with E-state index in [4.69, 9.17) is 0 Å². The summed E-state index contributed by atoms with van der Waals surface area (Å²) in [4.78, 5) is 24.5. The molecule has 1 aromatic rings. The van der Waals surface area contributed by atoms with E-state index < -0.39 is 4.92 Å². The first kappa shape index (κ1) is 15.4. The molecule has 2 atom stereocenters. The molecular weight excluding hydrogens is 270 g/mol. The Labute approximate surface area is 124 Å². The molecule has 21 heavy (non-hydrogen) atoms. The number of nitrogens with one attached hydrogen (secondary N) is 1. The molecule has 1 fully saturated rings. The molecule has 6 nitrogen and oxygen atoms in total. The number of carbonyl (C=O) groups excluding carboxylic acids is 1. The second-order valence-electron chi connectivity index (χ2n) is 5.49. The van der Waals surface area contributed by atoms with Crippen LogP contribution in [0.4, 0.5) is 5.69 Å². The molecule has 1 saturated heterocycles. The standard InChI is InChI=1S/C15H21N3O3/c1-11(13-6-5-7-14(10-13)18(20)21)16-12(2)15(19)17-8-3-4-9-17/h5-7,10-12,16H,3-4,8-9H2,1-2H3. The Hall–Kier alpha value is -1.95. The number of hydrogen-bond donors (Lipinski definition) is 1. The van der Waals surface area contributed by atoms with Gasteiger partial charge in [0.1, 0.15) is 0 Å². The van der Waals surface area contributed by atoms with Crippen LogP contribution in [0, 0.1) is 10.1 Å². The summed E-state index contributed by atoms with van der Waals surface area (Å²) in [6, 6.07) is 6.10. The van der Waals surface area contributed by atoms with E-state index in [0.29, 0.717) is 0 Å². The van der Waals surface area contributed by atoms with E-state index in [0.717, 1.165) is 31.5 Å². The third-order valence-electron chi connectivity index (χ3n) is 3.87. The molecule has 0 bridgehead atoms. The first-order valence-electron chi connectivity index (χ1n) is 7.28. The summed E-state index contributed by atoms with van der Waals surface area (Å²) in [6.45, 7) is 5.41. The Bertz CT molecular complexity index is 527. The molecule has 1 aliphatic rings. The molecule has 0 saturated carbocycles. The van der Waals surface area contributed by atoms with Crippen molar-refractivity contribution in [1.82, 2.24) is 10.2 Å². The third-order valence-corrected chi connectivity index (χ3v) is 3.87. The molecule has 114 valence electrons. The molecular formula is C15H21N3O3. The zero-order valence-electron chi connectivity index (χ0n) is 12.4. The van der Waals surface area contributed by atoms with Crippen LogP contribution in [0.25, 0.3) is 0 Å². The van der Waals surface area contributed by atoms with E-state index in [2.05, 4.69) is 5.32 Å². The van der Waals surface area contributed by atoms with Gasteiger partial charge < -0.3 is 4.90 Å². The first-order valence-corrected chi connectivity index (χ1v) is 7.28. The molecule has 0 aliphatic carbocycles. The third kappa shape index (κ3) is 3.78. The highest BCUT2D eigenvalue weighted by molar-refractivity contribution is 5.81. The maximum absolute atomic E-state index is 12.2. The van der Waals surface area contributed by atoms with E-state index in [1.54, 1.807) is 12.1 Å². The number of benzene rings is 1. The smallest absolute Gasteiger partial charge is 0.269 e. The predicted octanol–water partition coefficient (Wildman–Crippen LogP) is 2.26. The van der Waals surface area contributed by atoms with E-state index in [1.807, 2.05) is 24.8 Å². The monoisotopic (exact) mass is 291 g/mol. The fourth-order valence-corrected chi connectivity index (χ4v) is 2.66. The fraction of sp³-hybridized carbons (Fsp3) is 0.533. The van der Waals surface area contributed by atoms with Gasteiger partial charge in [0.25, 0.3) is 5.69 Å². The molecule has 1 amide bonds. The van der Waals surface area contributed by atoms with Crippen LogP contribution in [0.2, 0.25) is 0 Å². The average molecular weight is 291 g/mol. The first-order chi connectivity index (χ1) is 9.99. The largest absolute Gasteiger partial charge is 0.341 e. The summed E-state index contributed by atoms with van der Waals surface area (Å²) >= 11 is 0. The summed E-state index contributed by atoms with van der Waals surface area (Å²) in [5.41, 5.74) is 0.880. The number of amides is 1.